The molecule has 0 radical (unpaired) electrons. The Morgan fingerprint density at radius 2 is 1.91 bits per heavy atom. The van der Waals surface area contributed by atoms with Crippen molar-refractivity contribution in [2.45, 2.75) is 12.2 Å². The fraction of sp³-hybridized carbons (Fsp3) is 0.562. The van der Waals surface area contributed by atoms with Gasteiger partial charge in [0.1, 0.15) is 5.82 Å². The lowest BCUT2D eigenvalue weighted by molar-refractivity contribution is 0.373. The van der Waals surface area contributed by atoms with Crippen molar-refractivity contribution in [3.8, 4) is 0 Å². The lowest BCUT2D eigenvalue weighted by Gasteiger charge is -2.37. The smallest absolute Gasteiger partial charge is 0.193 e. The molecule has 0 aliphatic carbocycles. The molecule has 2 rings (SSSR count). The Balaban J connectivity index is 1.86. The van der Waals surface area contributed by atoms with Gasteiger partial charge in [0.05, 0.1) is 0 Å². The van der Waals surface area contributed by atoms with E-state index >= 15 is 0 Å². The molecular weight excluding hydrogens is 299 g/mol. The minimum absolute atomic E-state index is 0.185. The summed E-state index contributed by atoms with van der Waals surface area (Å²) in [5, 5.41) is 4.01. The van der Waals surface area contributed by atoms with Crippen molar-refractivity contribution < 1.29 is 4.39 Å². The number of guanidine groups is 1. The van der Waals surface area contributed by atoms with Crippen LogP contribution in [0.1, 0.15) is 6.92 Å². The highest BCUT2D eigenvalue weighted by Crippen LogP contribution is 2.17. The predicted octanol–water partition coefficient (Wildman–Crippen LogP) is 2.27. The third-order valence-electron chi connectivity index (χ3n) is 3.93. The fourth-order valence-electron chi connectivity index (χ4n) is 2.48. The summed E-state index contributed by atoms with van der Waals surface area (Å²) in [5.74, 6) is 0.787. The zero-order valence-electron chi connectivity index (χ0n) is 13.6. The van der Waals surface area contributed by atoms with E-state index in [9.17, 15) is 4.39 Å². The highest BCUT2D eigenvalue weighted by Gasteiger charge is 2.20. The summed E-state index contributed by atoms with van der Waals surface area (Å²) in [4.78, 5) is 8.95. The third kappa shape index (κ3) is 4.53. The van der Waals surface area contributed by atoms with Gasteiger partial charge < -0.3 is 15.1 Å². The van der Waals surface area contributed by atoms with Crippen LogP contribution in [-0.4, -0.2) is 62.1 Å². The summed E-state index contributed by atoms with van der Waals surface area (Å²) < 4.78 is 13.0. The second kappa shape index (κ2) is 8.27. The van der Waals surface area contributed by atoms with E-state index in [1.165, 1.54) is 12.1 Å². The Bertz CT molecular complexity index is 483. The SMILES string of the molecule is CN=C(NCC(C)SC)N1CCN(c2ccc(F)cc2)CC1. The predicted molar refractivity (Wildman–Crippen MR) is 94.5 cm³/mol. The molecule has 0 saturated carbocycles. The lowest BCUT2D eigenvalue weighted by Crippen LogP contribution is -2.53. The van der Waals surface area contributed by atoms with Crippen molar-refractivity contribution in [1.82, 2.24) is 10.2 Å². The second-order valence-electron chi connectivity index (χ2n) is 5.42. The molecule has 1 saturated heterocycles. The van der Waals surface area contributed by atoms with Gasteiger partial charge in [0.2, 0.25) is 0 Å². The highest BCUT2D eigenvalue weighted by molar-refractivity contribution is 7.99. The maximum absolute atomic E-state index is 13.0. The minimum atomic E-state index is -0.185. The quantitative estimate of drug-likeness (QED) is 0.680. The molecule has 1 N–H and O–H groups in total. The molecule has 22 heavy (non-hydrogen) atoms. The molecule has 6 heteroatoms. The van der Waals surface area contributed by atoms with Crippen molar-refractivity contribution in [1.29, 1.82) is 0 Å². The van der Waals surface area contributed by atoms with Gasteiger partial charge in [-0.05, 0) is 30.5 Å². The molecule has 122 valence electrons. The summed E-state index contributed by atoms with van der Waals surface area (Å²) in [7, 11) is 1.83. The first-order chi connectivity index (χ1) is 10.6. The van der Waals surface area contributed by atoms with Crippen LogP contribution >= 0.6 is 11.8 Å². The van der Waals surface area contributed by atoms with Crippen LogP contribution in [0.2, 0.25) is 0 Å². The van der Waals surface area contributed by atoms with Crippen LogP contribution in [0.25, 0.3) is 0 Å². The molecule has 1 aromatic carbocycles. The molecule has 1 aromatic rings. The van der Waals surface area contributed by atoms with E-state index in [0.29, 0.717) is 5.25 Å². The molecule has 1 heterocycles. The van der Waals surface area contributed by atoms with E-state index in [2.05, 4.69) is 33.3 Å². The first kappa shape index (κ1) is 16.9. The number of hydrogen-bond donors (Lipinski definition) is 1. The molecule has 1 aliphatic rings. The molecule has 1 unspecified atom stereocenters. The number of benzene rings is 1. The van der Waals surface area contributed by atoms with Gasteiger partial charge in [0.25, 0.3) is 0 Å². The number of hydrogen-bond acceptors (Lipinski definition) is 3. The van der Waals surface area contributed by atoms with E-state index < -0.39 is 0 Å². The zero-order valence-corrected chi connectivity index (χ0v) is 14.4. The van der Waals surface area contributed by atoms with E-state index in [-0.39, 0.29) is 5.82 Å². The van der Waals surface area contributed by atoms with Gasteiger partial charge in [-0.1, -0.05) is 6.92 Å². The van der Waals surface area contributed by atoms with Gasteiger partial charge >= 0.3 is 0 Å². The van der Waals surface area contributed by atoms with Crippen LogP contribution in [-0.2, 0) is 0 Å². The van der Waals surface area contributed by atoms with Gasteiger partial charge in [-0.3, -0.25) is 4.99 Å². The van der Waals surface area contributed by atoms with Gasteiger partial charge in [-0.25, -0.2) is 4.39 Å². The monoisotopic (exact) mass is 324 g/mol. The largest absolute Gasteiger partial charge is 0.368 e. The van der Waals surface area contributed by atoms with E-state index in [1.54, 1.807) is 0 Å². The minimum Gasteiger partial charge on any atom is -0.368 e. The number of rotatable bonds is 4. The number of nitrogens with one attached hydrogen (secondary N) is 1. The van der Waals surface area contributed by atoms with Crippen molar-refractivity contribution >= 4 is 23.4 Å². The van der Waals surface area contributed by atoms with Crippen molar-refractivity contribution in [3.63, 3.8) is 0 Å². The average molecular weight is 324 g/mol. The molecule has 1 fully saturated rings. The summed E-state index contributed by atoms with van der Waals surface area (Å²) in [6.45, 7) is 6.81. The van der Waals surface area contributed by atoms with Gasteiger partial charge in [-0.15, -0.1) is 0 Å². The van der Waals surface area contributed by atoms with E-state index in [1.807, 2.05) is 30.9 Å². The first-order valence-electron chi connectivity index (χ1n) is 7.63. The number of anilines is 1. The Labute approximate surface area is 136 Å². The van der Waals surface area contributed by atoms with Gasteiger partial charge in [-0.2, -0.15) is 11.8 Å². The standard InChI is InChI=1S/C16H25FN4S/c1-13(22-3)12-19-16(18-2)21-10-8-20(9-11-21)15-6-4-14(17)5-7-15/h4-7,13H,8-12H2,1-3H3,(H,18,19). The molecule has 0 amide bonds. The maximum atomic E-state index is 13.0. The van der Waals surface area contributed by atoms with Gasteiger partial charge in [0.15, 0.2) is 5.96 Å². The maximum Gasteiger partial charge on any atom is 0.193 e. The number of aliphatic imine (C=N–C) groups is 1. The van der Waals surface area contributed by atoms with Crippen LogP contribution in [0, 0.1) is 5.82 Å². The molecule has 0 aromatic heterocycles. The summed E-state index contributed by atoms with van der Waals surface area (Å²) >= 11 is 1.85. The Kier molecular flexibility index (Phi) is 6.36. The summed E-state index contributed by atoms with van der Waals surface area (Å²) in [6, 6.07) is 6.73. The fourth-order valence-corrected chi connectivity index (χ4v) is 2.73. The molecule has 1 atom stereocenters. The topological polar surface area (TPSA) is 30.9 Å². The Morgan fingerprint density at radius 3 is 2.45 bits per heavy atom. The van der Waals surface area contributed by atoms with Crippen LogP contribution < -0.4 is 10.2 Å². The number of halogens is 1. The number of nitrogens with zero attached hydrogens (tertiary/aromatic N) is 3. The van der Waals surface area contributed by atoms with Gasteiger partial charge in [0, 0.05) is 50.7 Å². The van der Waals surface area contributed by atoms with Crippen LogP contribution in [0.15, 0.2) is 29.3 Å². The molecule has 4 nitrogen and oxygen atoms in total. The van der Waals surface area contributed by atoms with Crippen molar-refractivity contribution in [2.24, 2.45) is 4.99 Å². The van der Waals surface area contributed by atoms with E-state index in [4.69, 9.17) is 0 Å². The average Bonchev–Trinajstić information content (AvgIpc) is 2.56. The Hall–Kier alpha value is -1.43. The number of piperazine rings is 1. The third-order valence-corrected chi connectivity index (χ3v) is 4.90. The molecule has 0 bridgehead atoms. The zero-order chi connectivity index (χ0) is 15.9. The van der Waals surface area contributed by atoms with Crippen LogP contribution in [0.3, 0.4) is 0 Å². The first-order valence-corrected chi connectivity index (χ1v) is 8.91. The second-order valence-corrected chi connectivity index (χ2v) is 6.70. The summed E-state index contributed by atoms with van der Waals surface area (Å²) in [6.07, 6.45) is 2.12. The molecular formula is C16H25FN4S. The normalized spacial score (nSPS) is 17.5. The summed E-state index contributed by atoms with van der Waals surface area (Å²) in [5.41, 5.74) is 1.08. The molecule has 0 spiro atoms. The molecule has 1 aliphatic heterocycles. The number of thioether (sulfide) groups is 1. The van der Waals surface area contributed by atoms with Crippen LogP contribution in [0.5, 0.6) is 0 Å². The highest BCUT2D eigenvalue weighted by atomic mass is 32.2. The lowest BCUT2D eigenvalue weighted by atomic mass is 10.2. The Morgan fingerprint density at radius 1 is 1.27 bits per heavy atom. The van der Waals surface area contributed by atoms with E-state index in [0.717, 1.165) is 44.4 Å². The van der Waals surface area contributed by atoms with Crippen molar-refractivity contribution in [3.05, 3.63) is 30.1 Å². The van der Waals surface area contributed by atoms with Crippen molar-refractivity contribution in [2.75, 3.05) is 50.9 Å². The van der Waals surface area contributed by atoms with Crippen LogP contribution in [0.4, 0.5) is 10.1 Å².